The fourth-order valence-corrected chi connectivity index (χ4v) is 8.91. The minimum atomic E-state index is -0.666. The zero-order valence-corrected chi connectivity index (χ0v) is 44.2. The van der Waals surface area contributed by atoms with Gasteiger partial charge in [-0.25, -0.2) is 0 Å². The van der Waals surface area contributed by atoms with Crippen LogP contribution in [-0.2, 0) is 14.3 Å². The highest BCUT2D eigenvalue weighted by molar-refractivity contribution is 5.76. The first-order valence-electron chi connectivity index (χ1n) is 29.2. The van der Waals surface area contributed by atoms with Crippen molar-refractivity contribution in [3.05, 3.63) is 36.5 Å². The van der Waals surface area contributed by atoms with Crippen LogP contribution in [0.4, 0.5) is 0 Å². The highest BCUT2D eigenvalue weighted by atomic mass is 16.5. The predicted octanol–water partition coefficient (Wildman–Crippen LogP) is 18.0. The number of hydrogen-bond donors (Lipinski definition) is 3. The highest BCUT2D eigenvalue weighted by Crippen LogP contribution is 2.17. The molecule has 6 heteroatoms. The number of aliphatic hydroxyl groups is 2. The Balaban J connectivity index is 3.40. The summed E-state index contributed by atoms with van der Waals surface area (Å²) in [6, 6.07) is -0.544. The third-order valence-corrected chi connectivity index (χ3v) is 13.4. The van der Waals surface area contributed by atoms with E-state index in [1.54, 1.807) is 0 Å². The van der Waals surface area contributed by atoms with Crippen LogP contribution in [0.3, 0.4) is 0 Å². The maximum Gasteiger partial charge on any atom is 0.305 e. The van der Waals surface area contributed by atoms with Gasteiger partial charge < -0.3 is 20.3 Å². The van der Waals surface area contributed by atoms with Crippen molar-refractivity contribution in [1.29, 1.82) is 0 Å². The number of amides is 1. The minimum Gasteiger partial charge on any atom is -0.466 e. The van der Waals surface area contributed by atoms with Crippen LogP contribution in [0.2, 0.25) is 0 Å². The number of aliphatic hydroxyl groups excluding tert-OH is 2. The van der Waals surface area contributed by atoms with Crippen molar-refractivity contribution in [2.24, 2.45) is 0 Å². The number of esters is 1. The third-order valence-electron chi connectivity index (χ3n) is 13.4. The van der Waals surface area contributed by atoms with Crippen molar-refractivity contribution in [2.45, 2.75) is 321 Å². The lowest BCUT2D eigenvalue weighted by Gasteiger charge is -2.22. The Labute approximate surface area is 411 Å². The SMILES string of the molecule is CCC/C=C\C/C=C\CCCCCCCC(=O)OCCCCCCCCCCCCCC/C=C\CCCCCCCCCCC(=O)NC(CO)C(O)CCCCCCCCCCCCCC. The summed E-state index contributed by atoms with van der Waals surface area (Å²) >= 11 is 0. The number of carbonyl (C=O) groups is 2. The van der Waals surface area contributed by atoms with Gasteiger partial charge >= 0.3 is 5.97 Å². The second-order valence-electron chi connectivity index (χ2n) is 20.0. The minimum absolute atomic E-state index is 0.00313. The van der Waals surface area contributed by atoms with Crippen LogP contribution in [-0.4, -0.2) is 47.4 Å². The van der Waals surface area contributed by atoms with Gasteiger partial charge in [-0.05, 0) is 77.0 Å². The maximum atomic E-state index is 12.4. The average molecular weight is 929 g/mol. The van der Waals surface area contributed by atoms with Gasteiger partial charge in [0, 0.05) is 12.8 Å². The van der Waals surface area contributed by atoms with E-state index < -0.39 is 12.1 Å². The monoisotopic (exact) mass is 928 g/mol. The summed E-state index contributed by atoms with van der Waals surface area (Å²) in [4.78, 5) is 24.5. The van der Waals surface area contributed by atoms with Crippen LogP contribution in [0.1, 0.15) is 309 Å². The Bertz CT molecular complexity index is 1070. The summed E-state index contributed by atoms with van der Waals surface area (Å²) in [5, 5.41) is 23.2. The molecule has 66 heavy (non-hydrogen) atoms. The Hall–Kier alpha value is -1.92. The van der Waals surface area contributed by atoms with E-state index in [1.165, 1.54) is 225 Å². The molecule has 0 radical (unpaired) electrons. The number of rotatable bonds is 54. The quantitative estimate of drug-likeness (QED) is 0.0321. The highest BCUT2D eigenvalue weighted by Gasteiger charge is 2.20. The van der Waals surface area contributed by atoms with Gasteiger partial charge in [-0.3, -0.25) is 9.59 Å². The van der Waals surface area contributed by atoms with Gasteiger partial charge in [-0.15, -0.1) is 0 Å². The van der Waals surface area contributed by atoms with E-state index in [4.69, 9.17) is 4.74 Å². The molecular weight excluding hydrogens is 815 g/mol. The van der Waals surface area contributed by atoms with Gasteiger partial charge in [0.2, 0.25) is 5.91 Å². The molecule has 0 aliphatic heterocycles. The van der Waals surface area contributed by atoms with Crippen molar-refractivity contribution < 1.29 is 24.5 Å². The van der Waals surface area contributed by atoms with Crippen LogP contribution < -0.4 is 5.32 Å². The molecule has 388 valence electrons. The molecule has 0 saturated carbocycles. The largest absolute Gasteiger partial charge is 0.466 e. The molecule has 0 aliphatic carbocycles. The number of carbonyl (C=O) groups excluding carboxylic acids is 2. The van der Waals surface area contributed by atoms with E-state index in [2.05, 4.69) is 55.6 Å². The van der Waals surface area contributed by atoms with Crippen LogP contribution in [0.5, 0.6) is 0 Å². The molecule has 0 heterocycles. The fourth-order valence-electron chi connectivity index (χ4n) is 8.91. The van der Waals surface area contributed by atoms with E-state index in [-0.39, 0.29) is 18.5 Å². The van der Waals surface area contributed by atoms with Crippen molar-refractivity contribution in [1.82, 2.24) is 5.32 Å². The third kappa shape index (κ3) is 51.5. The fraction of sp³-hybridized carbons (Fsp3) is 0.867. The van der Waals surface area contributed by atoms with Gasteiger partial charge in [-0.2, -0.15) is 0 Å². The summed E-state index contributed by atoms with van der Waals surface area (Å²) in [6.45, 7) is 4.88. The number of ether oxygens (including phenoxy) is 1. The smallest absolute Gasteiger partial charge is 0.305 e. The Morgan fingerprint density at radius 1 is 0.424 bits per heavy atom. The molecule has 3 N–H and O–H groups in total. The summed E-state index contributed by atoms with van der Waals surface area (Å²) in [6.07, 6.45) is 68.6. The van der Waals surface area contributed by atoms with Crippen molar-refractivity contribution in [3.63, 3.8) is 0 Å². The molecule has 0 fully saturated rings. The molecule has 2 unspecified atom stereocenters. The van der Waals surface area contributed by atoms with Crippen LogP contribution in [0.25, 0.3) is 0 Å². The van der Waals surface area contributed by atoms with E-state index in [0.717, 1.165) is 51.4 Å². The first-order chi connectivity index (χ1) is 32.5. The zero-order chi connectivity index (χ0) is 47.9. The van der Waals surface area contributed by atoms with Gasteiger partial charge in [0.25, 0.3) is 0 Å². The van der Waals surface area contributed by atoms with E-state index in [9.17, 15) is 19.8 Å². The average Bonchev–Trinajstić information content (AvgIpc) is 3.32. The normalized spacial score (nSPS) is 12.8. The second kappa shape index (κ2) is 55.7. The molecule has 2 atom stereocenters. The van der Waals surface area contributed by atoms with Crippen LogP contribution >= 0.6 is 0 Å². The predicted molar refractivity (Wildman–Crippen MR) is 287 cm³/mol. The van der Waals surface area contributed by atoms with Gasteiger partial charge in [0.1, 0.15) is 0 Å². The second-order valence-corrected chi connectivity index (χ2v) is 20.0. The number of nitrogens with one attached hydrogen (secondary N) is 1. The lowest BCUT2D eigenvalue weighted by atomic mass is 10.0. The zero-order valence-electron chi connectivity index (χ0n) is 44.2. The molecule has 0 aromatic rings. The summed E-state index contributed by atoms with van der Waals surface area (Å²) in [5.74, 6) is -0.0431. The lowest BCUT2D eigenvalue weighted by Crippen LogP contribution is -2.45. The van der Waals surface area contributed by atoms with E-state index >= 15 is 0 Å². The van der Waals surface area contributed by atoms with E-state index in [0.29, 0.717) is 25.9 Å². The van der Waals surface area contributed by atoms with Gasteiger partial charge in [0.15, 0.2) is 0 Å². The van der Waals surface area contributed by atoms with Gasteiger partial charge in [-0.1, -0.05) is 256 Å². The molecule has 6 nitrogen and oxygen atoms in total. The molecule has 0 aliphatic rings. The van der Waals surface area contributed by atoms with Crippen molar-refractivity contribution in [2.75, 3.05) is 13.2 Å². The Kier molecular flexibility index (Phi) is 54.1. The molecular formula is C60H113NO5. The van der Waals surface area contributed by atoms with Gasteiger partial charge in [0.05, 0.1) is 25.4 Å². The summed E-state index contributed by atoms with van der Waals surface area (Å²) in [5.41, 5.74) is 0. The maximum absolute atomic E-state index is 12.4. The number of allylic oxidation sites excluding steroid dienone is 6. The molecule has 0 saturated heterocycles. The Morgan fingerprint density at radius 3 is 1.23 bits per heavy atom. The standard InChI is InChI=1S/C60H113NO5/c1-3-5-7-9-11-13-15-29-34-38-42-46-50-54-60(65)66-55-51-47-43-39-35-31-28-26-24-22-20-18-17-19-21-23-25-27-30-33-37-41-45-49-53-59(64)61-57(56-62)58(63)52-48-44-40-36-32-16-14-12-10-8-6-4-2/h7,9,13,15,19,21,57-58,62-63H,3-6,8,10-12,14,16-18,20,22-56H2,1-2H3,(H,61,64)/b9-7-,15-13-,21-19-. The molecule has 0 spiro atoms. The lowest BCUT2D eigenvalue weighted by molar-refractivity contribution is -0.143. The Morgan fingerprint density at radius 2 is 0.788 bits per heavy atom. The molecule has 0 rings (SSSR count). The first kappa shape index (κ1) is 64.1. The summed E-state index contributed by atoms with van der Waals surface area (Å²) < 4.78 is 5.46. The van der Waals surface area contributed by atoms with E-state index in [1.807, 2.05) is 0 Å². The number of unbranched alkanes of at least 4 members (excludes halogenated alkanes) is 37. The number of hydrogen-bond acceptors (Lipinski definition) is 5. The van der Waals surface area contributed by atoms with Crippen molar-refractivity contribution in [3.8, 4) is 0 Å². The van der Waals surface area contributed by atoms with Crippen LogP contribution in [0, 0.1) is 0 Å². The molecule has 1 amide bonds. The van der Waals surface area contributed by atoms with Crippen molar-refractivity contribution >= 4 is 11.9 Å². The van der Waals surface area contributed by atoms with Crippen LogP contribution in [0.15, 0.2) is 36.5 Å². The molecule has 0 aromatic heterocycles. The summed E-state index contributed by atoms with van der Waals surface area (Å²) in [7, 11) is 0. The topological polar surface area (TPSA) is 95.9 Å². The molecule has 0 aromatic carbocycles. The first-order valence-corrected chi connectivity index (χ1v) is 29.2. The molecule has 0 bridgehead atoms.